The first-order valence-corrected chi connectivity index (χ1v) is 6.90. The summed E-state index contributed by atoms with van der Waals surface area (Å²) in [6.07, 6.45) is 5.34. The van der Waals surface area contributed by atoms with Crippen molar-refractivity contribution in [1.82, 2.24) is 0 Å². The Labute approximate surface area is 120 Å². The van der Waals surface area contributed by atoms with E-state index in [0.29, 0.717) is 0 Å². The van der Waals surface area contributed by atoms with Gasteiger partial charge in [0.1, 0.15) is 0 Å². The summed E-state index contributed by atoms with van der Waals surface area (Å²) in [6.45, 7) is 2.08. The van der Waals surface area contributed by atoms with Gasteiger partial charge in [-0.3, -0.25) is 4.99 Å². The van der Waals surface area contributed by atoms with Gasteiger partial charge in [-0.25, -0.2) is 0 Å². The molecule has 1 aliphatic rings. The Morgan fingerprint density at radius 1 is 0.800 bits per heavy atom. The van der Waals surface area contributed by atoms with Crippen LogP contribution in [0.25, 0.3) is 11.3 Å². The quantitative estimate of drug-likeness (QED) is 0.721. The van der Waals surface area contributed by atoms with E-state index in [-0.39, 0.29) is 0 Å². The third kappa shape index (κ3) is 2.77. The van der Waals surface area contributed by atoms with Crippen molar-refractivity contribution in [1.29, 1.82) is 0 Å². The molecule has 0 radical (unpaired) electrons. The summed E-state index contributed by atoms with van der Waals surface area (Å²) in [6, 6.07) is 20.8. The smallest absolute Gasteiger partial charge is 0.0707 e. The van der Waals surface area contributed by atoms with Crippen molar-refractivity contribution in [3.63, 3.8) is 0 Å². The zero-order chi connectivity index (χ0) is 13.8. The van der Waals surface area contributed by atoms with Gasteiger partial charge in [-0.1, -0.05) is 66.7 Å². The van der Waals surface area contributed by atoms with Crippen molar-refractivity contribution in [3.8, 4) is 0 Å². The first-order valence-electron chi connectivity index (χ1n) is 6.90. The molecular weight excluding hydrogens is 242 g/mol. The van der Waals surface area contributed by atoms with E-state index in [4.69, 9.17) is 4.99 Å². The molecule has 0 aromatic heterocycles. The van der Waals surface area contributed by atoms with Crippen LogP contribution in [0, 0.1) is 0 Å². The molecule has 0 aliphatic carbocycles. The van der Waals surface area contributed by atoms with Gasteiger partial charge in [0.15, 0.2) is 0 Å². The van der Waals surface area contributed by atoms with E-state index in [1.807, 2.05) is 12.1 Å². The van der Waals surface area contributed by atoms with Crippen molar-refractivity contribution >= 4 is 17.0 Å². The zero-order valence-electron chi connectivity index (χ0n) is 11.6. The highest BCUT2D eigenvalue weighted by Crippen LogP contribution is 2.26. The molecule has 1 nitrogen and oxygen atoms in total. The highest BCUT2D eigenvalue weighted by Gasteiger charge is 2.07. The molecule has 2 aromatic rings. The Bertz CT molecular complexity index is 676. The lowest BCUT2D eigenvalue weighted by atomic mass is 10.0. The monoisotopic (exact) mass is 259 g/mol. The highest BCUT2D eigenvalue weighted by atomic mass is 14.8. The predicted octanol–water partition coefficient (Wildman–Crippen LogP) is 4.98. The van der Waals surface area contributed by atoms with E-state index in [9.17, 15) is 0 Å². The summed E-state index contributed by atoms with van der Waals surface area (Å²) in [5, 5.41) is 0. The van der Waals surface area contributed by atoms with Gasteiger partial charge >= 0.3 is 0 Å². The summed E-state index contributed by atoms with van der Waals surface area (Å²) in [5.74, 6) is 0. The Morgan fingerprint density at radius 3 is 2.05 bits per heavy atom. The standard InChI is InChI=1S/C19H17N/c1-15-12-13-18(16-8-4-2-5-9-16)14-19(20-15)17-10-6-3-7-11-17/h2-11,13-14H,12H2,1H3. The summed E-state index contributed by atoms with van der Waals surface area (Å²) in [4.78, 5) is 4.75. The summed E-state index contributed by atoms with van der Waals surface area (Å²) in [7, 11) is 0. The lowest BCUT2D eigenvalue weighted by Crippen LogP contribution is -1.88. The molecule has 1 heteroatoms. The number of hydrogen-bond acceptors (Lipinski definition) is 1. The average molecular weight is 259 g/mol. The summed E-state index contributed by atoms with van der Waals surface area (Å²) in [5.41, 5.74) is 5.83. The van der Waals surface area contributed by atoms with Crippen molar-refractivity contribution in [2.75, 3.05) is 0 Å². The predicted molar refractivity (Wildman–Crippen MR) is 86.6 cm³/mol. The van der Waals surface area contributed by atoms with Crippen LogP contribution >= 0.6 is 0 Å². The van der Waals surface area contributed by atoms with E-state index in [2.05, 4.69) is 67.6 Å². The number of allylic oxidation sites excluding steroid dienone is 3. The molecular formula is C19H17N. The molecule has 0 N–H and O–H groups in total. The van der Waals surface area contributed by atoms with Crippen LogP contribution in [0.5, 0.6) is 0 Å². The second-order valence-electron chi connectivity index (χ2n) is 4.97. The van der Waals surface area contributed by atoms with Gasteiger partial charge in [0.25, 0.3) is 0 Å². The summed E-state index contributed by atoms with van der Waals surface area (Å²) < 4.78 is 0. The molecule has 1 aliphatic heterocycles. The fourth-order valence-electron chi connectivity index (χ4n) is 2.34. The molecule has 98 valence electrons. The van der Waals surface area contributed by atoms with E-state index in [1.54, 1.807) is 0 Å². The first-order chi connectivity index (χ1) is 9.83. The van der Waals surface area contributed by atoms with Crippen LogP contribution in [0.2, 0.25) is 0 Å². The van der Waals surface area contributed by atoms with Crippen LogP contribution in [0.1, 0.15) is 24.5 Å². The van der Waals surface area contributed by atoms with Gasteiger partial charge in [-0.2, -0.15) is 0 Å². The minimum absolute atomic E-state index is 0.900. The van der Waals surface area contributed by atoms with Gasteiger partial charge in [-0.05, 0) is 24.1 Å². The number of aliphatic imine (C=N–C) groups is 1. The van der Waals surface area contributed by atoms with E-state index >= 15 is 0 Å². The molecule has 2 aromatic carbocycles. The normalized spacial score (nSPS) is 14.9. The molecule has 3 rings (SSSR count). The number of benzene rings is 2. The minimum Gasteiger partial charge on any atom is -0.257 e. The van der Waals surface area contributed by atoms with E-state index in [1.165, 1.54) is 11.1 Å². The Balaban J connectivity index is 2.06. The molecule has 0 saturated heterocycles. The van der Waals surface area contributed by atoms with Gasteiger partial charge in [0.2, 0.25) is 0 Å². The topological polar surface area (TPSA) is 12.4 Å². The lowest BCUT2D eigenvalue weighted by Gasteiger charge is -2.04. The van der Waals surface area contributed by atoms with Gasteiger partial charge < -0.3 is 0 Å². The maximum atomic E-state index is 4.75. The second kappa shape index (κ2) is 5.70. The van der Waals surface area contributed by atoms with Gasteiger partial charge in [-0.15, -0.1) is 0 Å². The van der Waals surface area contributed by atoms with Gasteiger partial charge in [0, 0.05) is 17.7 Å². The molecule has 0 spiro atoms. The first kappa shape index (κ1) is 12.6. The molecule has 0 atom stereocenters. The molecule has 1 heterocycles. The molecule has 0 amide bonds. The van der Waals surface area contributed by atoms with Crippen molar-refractivity contribution in [2.45, 2.75) is 13.3 Å². The highest BCUT2D eigenvalue weighted by molar-refractivity contribution is 5.96. The van der Waals surface area contributed by atoms with Crippen LogP contribution in [0.4, 0.5) is 0 Å². The Morgan fingerprint density at radius 2 is 1.40 bits per heavy atom. The maximum Gasteiger partial charge on any atom is 0.0707 e. The fraction of sp³-hybridized carbons (Fsp3) is 0.105. The second-order valence-corrected chi connectivity index (χ2v) is 4.97. The maximum absolute atomic E-state index is 4.75. The average Bonchev–Trinajstić information content (AvgIpc) is 2.71. The van der Waals surface area contributed by atoms with Crippen molar-refractivity contribution in [3.05, 3.63) is 83.9 Å². The van der Waals surface area contributed by atoms with Crippen LogP contribution < -0.4 is 0 Å². The van der Waals surface area contributed by atoms with E-state index in [0.717, 1.165) is 23.4 Å². The SMILES string of the molecule is CC1=NC(c2ccccc2)=CC(c2ccccc2)=CC1. The number of nitrogens with zero attached hydrogens (tertiary/aromatic N) is 1. The molecule has 0 bridgehead atoms. The fourth-order valence-corrected chi connectivity index (χ4v) is 2.34. The molecule has 0 saturated carbocycles. The third-order valence-electron chi connectivity index (χ3n) is 3.40. The van der Waals surface area contributed by atoms with Crippen LogP contribution in [0.15, 0.2) is 77.8 Å². The number of hydrogen-bond donors (Lipinski definition) is 0. The Kier molecular flexibility index (Phi) is 3.60. The molecule has 20 heavy (non-hydrogen) atoms. The van der Waals surface area contributed by atoms with Crippen LogP contribution in [0.3, 0.4) is 0 Å². The zero-order valence-corrected chi connectivity index (χ0v) is 11.6. The van der Waals surface area contributed by atoms with Crippen molar-refractivity contribution < 1.29 is 0 Å². The molecule has 0 unspecified atom stereocenters. The van der Waals surface area contributed by atoms with E-state index < -0.39 is 0 Å². The van der Waals surface area contributed by atoms with Crippen LogP contribution in [-0.4, -0.2) is 5.71 Å². The molecule has 0 fully saturated rings. The summed E-state index contributed by atoms with van der Waals surface area (Å²) >= 11 is 0. The van der Waals surface area contributed by atoms with Crippen LogP contribution in [-0.2, 0) is 0 Å². The minimum atomic E-state index is 0.900. The largest absolute Gasteiger partial charge is 0.257 e. The Hall–Kier alpha value is -2.41. The van der Waals surface area contributed by atoms with Crippen molar-refractivity contribution in [2.24, 2.45) is 4.99 Å². The lowest BCUT2D eigenvalue weighted by molar-refractivity contribution is 1.40. The third-order valence-corrected chi connectivity index (χ3v) is 3.40. The number of rotatable bonds is 2. The van der Waals surface area contributed by atoms with Gasteiger partial charge in [0.05, 0.1) is 5.70 Å².